The summed E-state index contributed by atoms with van der Waals surface area (Å²) in [5.41, 5.74) is 2.11. The van der Waals surface area contributed by atoms with Gasteiger partial charge in [0.25, 0.3) is 0 Å². The highest BCUT2D eigenvalue weighted by Crippen LogP contribution is 2.29. The third kappa shape index (κ3) is 4.16. The van der Waals surface area contributed by atoms with E-state index in [1.807, 2.05) is 18.2 Å². The normalized spacial score (nSPS) is 10.1. The zero-order valence-corrected chi connectivity index (χ0v) is 12.7. The Kier molecular flexibility index (Phi) is 7.11. The Hall–Kier alpha value is -0.760. The lowest BCUT2D eigenvalue weighted by molar-refractivity contribution is 0.205. The summed E-state index contributed by atoms with van der Waals surface area (Å²) in [6.07, 6.45) is 0.484. The topological polar surface area (TPSA) is 36.3 Å². The van der Waals surface area contributed by atoms with E-state index < -0.39 is 0 Å². The molecule has 0 unspecified atom stereocenters. The summed E-state index contributed by atoms with van der Waals surface area (Å²) in [6.45, 7) is 2.05. The Balaban J connectivity index is 2.96. The van der Waals surface area contributed by atoms with Gasteiger partial charge in [0, 0.05) is 41.8 Å². The van der Waals surface area contributed by atoms with Crippen LogP contribution in [0.3, 0.4) is 0 Å². The maximum absolute atomic E-state index is 8.73. The van der Waals surface area contributed by atoms with Crippen molar-refractivity contribution >= 4 is 33.2 Å². The molecule has 98 valence electrons. The SMILES string of the molecule is COCCN(CCC#N)c1cccc(Cl)c1CBr. The van der Waals surface area contributed by atoms with Gasteiger partial charge < -0.3 is 9.64 Å². The zero-order chi connectivity index (χ0) is 13.4. The molecule has 0 heterocycles. The monoisotopic (exact) mass is 330 g/mol. The van der Waals surface area contributed by atoms with E-state index in [1.54, 1.807) is 7.11 Å². The summed E-state index contributed by atoms with van der Waals surface area (Å²) in [7, 11) is 1.67. The second-order valence-electron chi connectivity index (χ2n) is 3.76. The fourth-order valence-electron chi connectivity index (χ4n) is 1.71. The second kappa shape index (κ2) is 8.36. The molecule has 0 atom stereocenters. The molecule has 5 heteroatoms. The lowest BCUT2D eigenvalue weighted by Gasteiger charge is -2.26. The number of alkyl halides is 1. The number of hydrogen-bond acceptors (Lipinski definition) is 3. The molecule has 0 bridgehead atoms. The van der Waals surface area contributed by atoms with Gasteiger partial charge >= 0.3 is 0 Å². The summed E-state index contributed by atoms with van der Waals surface area (Å²) in [4.78, 5) is 2.13. The zero-order valence-electron chi connectivity index (χ0n) is 10.3. The van der Waals surface area contributed by atoms with Gasteiger partial charge in [0.1, 0.15) is 0 Å². The van der Waals surface area contributed by atoms with Crippen LogP contribution in [0.25, 0.3) is 0 Å². The number of anilines is 1. The molecule has 0 spiro atoms. The number of hydrogen-bond donors (Lipinski definition) is 0. The van der Waals surface area contributed by atoms with E-state index in [4.69, 9.17) is 21.6 Å². The molecule has 0 amide bonds. The van der Waals surface area contributed by atoms with E-state index in [0.717, 1.165) is 22.8 Å². The van der Waals surface area contributed by atoms with E-state index in [9.17, 15) is 0 Å². The standard InChI is InChI=1S/C13H16BrClN2O/c1-18-9-8-17(7-3-6-16)13-5-2-4-12(15)11(13)10-14/h2,4-5H,3,7-10H2,1H3. The fourth-order valence-corrected chi connectivity index (χ4v) is 2.70. The molecule has 0 saturated heterocycles. The minimum absolute atomic E-state index is 0.484. The van der Waals surface area contributed by atoms with Crippen LogP contribution in [-0.4, -0.2) is 26.8 Å². The van der Waals surface area contributed by atoms with Gasteiger partial charge in [0.2, 0.25) is 0 Å². The van der Waals surface area contributed by atoms with Crippen LogP contribution in [0.5, 0.6) is 0 Å². The molecular formula is C13H16BrClN2O. The molecule has 0 aliphatic rings. The average molecular weight is 332 g/mol. The summed E-state index contributed by atoms with van der Waals surface area (Å²) in [5.74, 6) is 0. The first-order chi connectivity index (χ1) is 8.74. The molecule has 0 aromatic heterocycles. The van der Waals surface area contributed by atoms with Crippen molar-refractivity contribution in [3.63, 3.8) is 0 Å². The first-order valence-electron chi connectivity index (χ1n) is 5.68. The van der Waals surface area contributed by atoms with E-state index in [0.29, 0.717) is 24.9 Å². The van der Waals surface area contributed by atoms with Crippen molar-refractivity contribution in [3.05, 3.63) is 28.8 Å². The van der Waals surface area contributed by atoms with Crippen LogP contribution in [0.2, 0.25) is 5.02 Å². The molecule has 3 nitrogen and oxygen atoms in total. The van der Waals surface area contributed by atoms with Crippen LogP contribution in [0, 0.1) is 11.3 Å². The third-order valence-electron chi connectivity index (χ3n) is 2.63. The smallest absolute Gasteiger partial charge is 0.0640 e. The Labute approximate surface area is 121 Å². The Morgan fingerprint density at radius 3 is 2.83 bits per heavy atom. The highest BCUT2D eigenvalue weighted by atomic mass is 79.9. The van der Waals surface area contributed by atoms with Gasteiger partial charge in [-0.1, -0.05) is 33.6 Å². The fraction of sp³-hybridized carbons (Fsp3) is 0.462. The minimum atomic E-state index is 0.484. The number of nitrogens with zero attached hydrogens (tertiary/aromatic N) is 2. The number of methoxy groups -OCH3 is 1. The Morgan fingerprint density at radius 2 is 2.22 bits per heavy atom. The van der Waals surface area contributed by atoms with Gasteiger partial charge in [-0.05, 0) is 12.1 Å². The van der Waals surface area contributed by atoms with Gasteiger partial charge in [-0.15, -0.1) is 0 Å². The largest absolute Gasteiger partial charge is 0.383 e. The summed E-state index contributed by atoms with van der Waals surface area (Å²) < 4.78 is 5.11. The molecule has 1 aromatic rings. The minimum Gasteiger partial charge on any atom is -0.383 e. The molecular weight excluding hydrogens is 316 g/mol. The lowest BCUT2D eigenvalue weighted by Crippen LogP contribution is -2.29. The molecule has 0 saturated carbocycles. The van der Waals surface area contributed by atoms with Crippen LogP contribution in [-0.2, 0) is 10.1 Å². The van der Waals surface area contributed by atoms with Crippen molar-refractivity contribution in [2.45, 2.75) is 11.8 Å². The van der Waals surface area contributed by atoms with Gasteiger partial charge in [-0.25, -0.2) is 0 Å². The maximum atomic E-state index is 8.73. The number of benzene rings is 1. The predicted molar refractivity (Wildman–Crippen MR) is 78.4 cm³/mol. The van der Waals surface area contributed by atoms with E-state index in [1.165, 1.54) is 0 Å². The van der Waals surface area contributed by atoms with Gasteiger partial charge in [0.05, 0.1) is 19.1 Å². The van der Waals surface area contributed by atoms with Gasteiger partial charge in [0.15, 0.2) is 0 Å². The highest BCUT2D eigenvalue weighted by Gasteiger charge is 2.12. The van der Waals surface area contributed by atoms with E-state index in [-0.39, 0.29) is 0 Å². The summed E-state index contributed by atoms with van der Waals surface area (Å²) in [5, 5.41) is 10.2. The second-order valence-corrected chi connectivity index (χ2v) is 4.73. The molecule has 0 aliphatic carbocycles. The van der Waals surface area contributed by atoms with Crippen LogP contribution in [0.4, 0.5) is 5.69 Å². The van der Waals surface area contributed by atoms with Crippen LogP contribution >= 0.6 is 27.5 Å². The predicted octanol–water partition coefficient (Wildman–Crippen LogP) is 3.60. The van der Waals surface area contributed by atoms with E-state index in [2.05, 4.69) is 26.9 Å². The third-order valence-corrected chi connectivity index (χ3v) is 3.54. The highest BCUT2D eigenvalue weighted by molar-refractivity contribution is 9.08. The van der Waals surface area contributed by atoms with Crippen LogP contribution in [0.15, 0.2) is 18.2 Å². The number of rotatable bonds is 7. The van der Waals surface area contributed by atoms with Crippen molar-refractivity contribution in [1.82, 2.24) is 0 Å². The average Bonchev–Trinajstić information content (AvgIpc) is 2.39. The molecule has 0 aliphatic heterocycles. The molecule has 0 fully saturated rings. The first kappa shape index (κ1) is 15.3. The molecule has 1 aromatic carbocycles. The summed E-state index contributed by atoms with van der Waals surface area (Å²) >= 11 is 9.65. The van der Waals surface area contributed by atoms with Gasteiger partial charge in [-0.2, -0.15) is 5.26 Å². The quantitative estimate of drug-likeness (QED) is 0.716. The van der Waals surface area contributed by atoms with Crippen LogP contribution < -0.4 is 4.90 Å². The number of nitriles is 1. The maximum Gasteiger partial charge on any atom is 0.0640 e. The van der Waals surface area contributed by atoms with Crippen molar-refractivity contribution < 1.29 is 4.74 Å². The van der Waals surface area contributed by atoms with E-state index >= 15 is 0 Å². The summed E-state index contributed by atoms with van der Waals surface area (Å²) in [6, 6.07) is 7.99. The number of ether oxygens (including phenoxy) is 1. The molecule has 18 heavy (non-hydrogen) atoms. The Bertz CT molecular complexity index is 420. The molecule has 1 rings (SSSR count). The van der Waals surface area contributed by atoms with Crippen molar-refractivity contribution in [2.24, 2.45) is 0 Å². The number of halogens is 2. The molecule has 0 radical (unpaired) electrons. The van der Waals surface area contributed by atoms with Crippen molar-refractivity contribution in [2.75, 3.05) is 31.7 Å². The van der Waals surface area contributed by atoms with Crippen LogP contribution in [0.1, 0.15) is 12.0 Å². The Morgan fingerprint density at radius 1 is 1.44 bits per heavy atom. The first-order valence-corrected chi connectivity index (χ1v) is 7.18. The molecule has 0 N–H and O–H groups in total. The van der Waals surface area contributed by atoms with Crippen molar-refractivity contribution in [3.8, 4) is 6.07 Å². The van der Waals surface area contributed by atoms with Crippen molar-refractivity contribution in [1.29, 1.82) is 5.26 Å². The lowest BCUT2D eigenvalue weighted by atomic mass is 10.1. The van der Waals surface area contributed by atoms with Gasteiger partial charge in [-0.3, -0.25) is 0 Å².